The number of oxazole rings is 1. The van der Waals surface area contributed by atoms with Crippen LogP contribution in [0.15, 0.2) is 74.0 Å². The first-order chi connectivity index (χ1) is 11.5. The molecule has 0 N–H and O–H groups in total. The Balaban J connectivity index is 2.12. The molecule has 0 aliphatic carbocycles. The number of nitrogens with zero attached hydrogens (tertiary/aromatic N) is 1. The topological polar surface area (TPSA) is 60.2 Å². The second-order valence-electron chi connectivity index (χ2n) is 4.87. The summed E-state index contributed by atoms with van der Waals surface area (Å²) in [7, 11) is -3.79. The van der Waals surface area contributed by atoms with Crippen molar-refractivity contribution in [1.29, 1.82) is 0 Å². The van der Waals surface area contributed by atoms with Crippen molar-refractivity contribution >= 4 is 21.6 Å². The van der Waals surface area contributed by atoms with E-state index in [1.54, 1.807) is 18.2 Å². The Morgan fingerprint density at radius 1 is 1.08 bits per heavy atom. The fraction of sp³-hybridized carbons (Fsp3) is 0.118. The first kappa shape index (κ1) is 16.7. The van der Waals surface area contributed by atoms with E-state index in [4.69, 9.17) is 4.42 Å². The van der Waals surface area contributed by atoms with E-state index in [-0.39, 0.29) is 26.7 Å². The summed E-state index contributed by atoms with van der Waals surface area (Å²) in [5.74, 6) is 0.404. The number of sulfone groups is 1. The van der Waals surface area contributed by atoms with E-state index in [0.717, 1.165) is 0 Å². The van der Waals surface area contributed by atoms with E-state index in [1.807, 2.05) is 6.92 Å². The normalized spacial score (nSPS) is 11.6. The van der Waals surface area contributed by atoms with Crippen molar-refractivity contribution in [2.75, 3.05) is 5.75 Å². The highest BCUT2D eigenvalue weighted by molar-refractivity contribution is 8.00. The molecule has 0 atom stereocenters. The molecule has 124 valence electrons. The quantitative estimate of drug-likeness (QED) is 0.628. The van der Waals surface area contributed by atoms with Gasteiger partial charge in [0.25, 0.3) is 0 Å². The zero-order valence-electron chi connectivity index (χ0n) is 12.8. The minimum absolute atomic E-state index is 0.111. The highest BCUT2D eigenvalue weighted by atomic mass is 32.2. The Labute approximate surface area is 143 Å². The SMILES string of the molecule is CCSc1oc(-c2ccc(F)cc2)nc1S(=O)(=O)c1ccccc1. The van der Waals surface area contributed by atoms with Crippen molar-refractivity contribution in [3.63, 3.8) is 0 Å². The monoisotopic (exact) mass is 363 g/mol. The van der Waals surface area contributed by atoms with Crippen LogP contribution in [-0.2, 0) is 9.84 Å². The lowest BCUT2D eigenvalue weighted by Crippen LogP contribution is -2.03. The summed E-state index contributed by atoms with van der Waals surface area (Å²) >= 11 is 1.26. The molecule has 0 unspecified atom stereocenters. The molecule has 2 aromatic carbocycles. The maximum atomic E-state index is 13.1. The Bertz CT molecular complexity index is 936. The zero-order valence-corrected chi connectivity index (χ0v) is 14.4. The molecule has 0 aliphatic heterocycles. The second-order valence-corrected chi connectivity index (χ2v) is 7.97. The summed E-state index contributed by atoms with van der Waals surface area (Å²) in [5, 5.41) is 0.126. The molecule has 0 spiro atoms. The van der Waals surface area contributed by atoms with Crippen LogP contribution in [0.2, 0.25) is 0 Å². The molecule has 0 fully saturated rings. The van der Waals surface area contributed by atoms with E-state index in [9.17, 15) is 12.8 Å². The first-order valence-electron chi connectivity index (χ1n) is 7.22. The largest absolute Gasteiger partial charge is 0.428 e. The molecule has 0 amide bonds. The van der Waals surface area contributed by atoms with Crippen LogP contribution in [0.5, 0.6) is 0 Å². The Morgan fingerprint density at radius 3 is 2.38 bits per heavy atom. The molecule has 7 heteroatoms. The molecule has 3 aromatic rings. The van der Waals surface area contributed by atoms with Gasteiger partial charge in [-0.15, -0.1) is 0 Å². The van der Waals surface area contributed by atoms with Crippen LogP contribution in [0, 0.1) is 5.82 Å². The Morgan fingerprint density at radius 2 is 1.75 bits per heavy atom. The summed E-state index contributed by atoms with van der Waals surface area (Å²) in [5.41, 5.74) is 0.517. The predicted octanol–water partition coefficient (Wildman–Crippen LogP) is 4.43. The summed E-state index contributed by atoms with van der Waals surface area (Å²) in [6.45, 7) is 1.89. The van der Waals surface area contributed by atoms with Gasteiger partial charge in [-0.25, -0.2) is 12.8 Å². The average Bonchev–Trinajstić information content (AvgIpc) is 3.01. The van der Waals surface area contributed by atoms with E-state index < -0.39 is 9.84 Å². The molecule has 4 nitrogen and oxygen atoms in total. The highest BCUT2D eigenvalue weighted by Crippen LogP contribution is 2.34. The molecule has 0 saturated carbocycles. The van der Waals surface area contributed by atoms with Crippen molar-refractivity contribution in [2.45, 2.75) is 21.9 Å². The lowest BCUT2D eigenvalue weighted by atomic mass is 10.2. The second kappa shape index (κ2) is 6.78. The van der Waals surface area contributed by atoms with Gasteiger partial charge in [-0.1, -0.05) is 36.9 Å². The number of rotatable bonds is 5. The third-order valence-electron chi connectivity index (χ3n) is 3.24. The number of thioether (sulfide) groups is 1. The van der Waals surface area contributed by atoms with Gasteiger partial charge in [0.1, 0.15) is 5.82 Å². The number of halogens is 1. The summed E-state index contributed by atoms with van der Waals surface area (Å²) in [6, 6.07) is 13.6. The van der Waals surface area contributed by atoms with Gasteiger partial charge in [0, 0.05) is 5.56 Å². The number of benzene rings is 2. The minimum atomic E-state index is -3.79. The van der Waals surface area contributed by atoms with Gasteiger partial charge in [-0.05, 0) is 42.2 Å². The average molecular weight is 363 g/mol. The van der Waals surface area contributed by atoms with Gasteiger partial charge in [-0.3, -0.25) is 0 Å². The molecule has 3 rings (SSSR count). The van der Waals surface area contributed by atoms with Crippen LogP contribution in [0.4, 0.5) is 4.39 Å². The van der Waals surface area contributed by atoms with E-state index in [2.05, 4.69) is 4.98 Å². The van der Waals surface area contributed by atoms with Crippen LogP contribution in [-0.4, -0.2) is 19.2 Å². The third kappa shape index (κ3) is 3.22. The van der Waals surface area contributed by atoms with E-state index >= 15 is 0 Å². The van der Waals surface area contributed by atoms with Crippen LogP contribution >= 0.6 is 11.8 Å². The van der Waals surface area contributed by atoms with E-state index in [1.165, 1.54) is 48.2 Å². The maximum Gasteiger partial charge on any atom is 0.228 e. The van der Waals surface area contributed by atoms with Crippen LogP contribution in [0.1, 0.15) is 6.92 Å². The number of hydrogen-bond donors (Lipinski definition) is 0. The number of aromatic nitrogens is 1. The van der Waals surface area contributed by atoms with Gasteiger partial charge >= 0.3 is 0 Å². The maximum absolute atomic E-state index is 13.1. The lowest BCUT2D eigenvalue weighted by Gasteiger charge is -2.01. The van der Waals surface area contributed by atoms with Gasteiger partial charge in [0.05, 0.1) is 4.90 Å². The summed E-state index contributed by atoms with van der Waals surface area (Å²) in [4.78, 5) is 4.33. The summed E-state index contributed by atoms with van der Waals surface area (Å²) in [6.07, 6.45) is 0. The molecular weight excluding hydrogens is 349 g/mol. The molecule has 1 heterocycles. The standard InChI is InChI=1S/C17H14FNO3S2/c1-2-23-17-16(24(20,21)14-6-4-3-5-7-14)19-15(22-17)12-8-10-13(18)11-9-12/h3-11H,2H2,1H3. The Hall–Kier alpha value is -2.12. The van der Waals surface area contributed by atoms with Crippen molar-refractivity contribution in [3.8, 4) is 11.5 Å². The molecule has 1 aromatic heterocycles. The predicted molar refractivity (Wildman–Crippen MR) is 90.2 cm³/mol. The molecule has 0 radical (unpaired) electrons. The third-order valence-corrected chi connectivity index (χ3v) is 5.88. The van der Waals surface area contributed by atoms with Crippen LogP contribution < -0.4 is 0 Å². The fourth-order valence-corrected chi connectivity index (χ4v) is 4.39. The molecule has 0 aliphatic rings. The van der Waals surface area contributed by atoms with Gasteiger partial charge in [0.15, 0.2) is 0 Å². The van der Waals surface area contributed by atoms with Crippen LogP contribution in [0.3, 0.4) is 0 Å². The number of hydrogen-bond acceptors (Lipinski definition) is 5. The lowest BCUT2D eigenvalue weighted by molar-refractivity contribution is 0.470. The van der Waals surface area contributed by atoms with Gasteiger partial charge in [-0.2, -0.15) is 4.98 Å². The molecule has 0 bridgehead atoms. The van der Waals surface area contributed by atoms with Crippen LogP contribution in [0.25, 0.3) is 11.5 Å². The van der Waals surface area contributed by atoms with Crippen molar-refractivity contribution in [2.24, 2.45) is 0 Å². The molecule has 0 saturated heterocycles. The smallest absolute Gasteiger partial charge is 0.228 e. The summed E-state index contributed by atoms with van der Waals surface area (Å²) < 4.78 is 44.4. The van der Waals surface area contributed by atoms with Crippen molar-refractivity contribution in [1.82, 2.24) is 4.98 Å². The fourth-order valence-electron chi connectivity index (χ4n) is 2.11. The van der Waals surface area contributed by atoms with E-state index in [0.29, 0.717) is 11.3 Å². The first-order valence-corrected chi connectivity index (χ1v) is 9.69. The highest BCUT2D eigenvalue weighted by Gasteiger charge is 2.28. The molecular formula is C17H14FNO3S2. The molecule has 24 heavy (non-hydrogen) atoms. The van der Waals surface area contributed by atoms with Crippen molar-refractivity contribution < 1.29 is 17.2 Å². The van der Waals surface area contributed by atoms with Crippen molar-refractivity contribution in [3.05, 3.63) is 60.4 Å². The minimum Gasteiger partial charge on any atom is -0.428 e. The van der Waals surface area contributed by atoms with Gasteiger partial charge in [0.2, 0.25) is 25.8 Å². The van der Waals surface area contributed by atoms with Gasteiger partial charge < -0.3 is 4.42 Å². The Kier molecular flexibility index (Phi) is 4.73. The zero-order chi connectivity index (χ0) is 17.2.